The van der Waals surface area contributed by atoms with Gasteiger partial charge in [0, 0.05) is 37.7 Å². The Kier molecular flexibility index (Phi) is 5.82. The minimum absolute atomic E-state index is 0.296. The molecule has 3 rings (SSSR count). The Balaban J connectivity index is 1.77. The van der Waals surface area contributed by atoms with Gasteiger partial charge in [0.15, 0.2) is 0 Å². The second-order valence-electron chi connectivity index (χ2n) is 6.30. The third-order valence-corrected chi connectivity index (χ3v) is 5.29. The van der Waals surface area contributed by atoms with E-state index >= 15 is 0 Å². The number of hydrogen-bond acceptors (Lipinski definition) is 2. The molecule has 0 bridgehead atoms. The average Bonchev–Trinajstić information content (AvgIpc) is 2.92. The predicted octanol–water partition coefficient (Wildman–Crippen LogP) is 5.58. The molecule has 0 atom stereocenters. The second-order valence-corrected chi connectivity index (χ2v) is 7.62. The van der Waals surface area contributed by atoms with Gasteiger partial charge in [0.2, 0.25) is 0 Å². The quantitative estimate of drug-likeness (QED) is 0.414. The maximum Gasteiger partial charge on any atom is 0.271 e. The Bertz CT molecular complexity index is 1020. The Labute approximate surface area is 172 Å². The number of amides is 1. The van der Waals surface area contributed by atoms with Crippen LogP contribution < -0.4 is 5.43 Å². The van der Waals surface area contributed by atoms with Gasteiger partial charge in [-0.05, 0) is 68.8 Å². The number of rotatable bonds is 4. The maximum absolute atomic E-state index is 12.2. The lowest BCUT2D eigenvalue weighted by atomic mass is 10.1. The van der Waals surface area contributed by atoms with Gasteiger partial charge in [-0.3, -0.25) is 4.79 Å². The summed E-state index contributed by atoms with van der Waals surface area (Å²) in [5.41, 5.74) is 8.11. The lowest BCUT2D eigenvalue weighted by Crippen LogP contribution is -2.17. The van der Waals surface area contributed by atoms with Crippen molar-refractivity contribution in [1.82, 2.24) is 9.99 Å². The van der Waals surface area contributed by atoms with Crippen molar-refractivity contribution in [2.75, 3.05) is 0 Å². The van der Waals surface area contributed by atoms with Gasteiger partial charge in [0.25, 0.3) is 5.91 Å². The van der Waals surface area contributed by atoms with E-state index in [1.54, 1.807) is 18.3 Å². The highest BCUT2D eigenvalue weighted by Crippen LogP contribution is 2.21. The number of aryl methyl sites for hydroxylation is 2. The maximum atomic E-state index is 12.2. The number of hydrogen-bond donors (Lipinski definition) is 1. The molecule has 1 amide bonds. The first-order valence-corrected chi connectivity index (χ1v) is 9.58. The van der Waals surface area contributed by atoms with Gasteiger partial charge in [-0.2, -0.15) is 5.10 Å². The summed E-state index contributed by atoms with van der Waals surface area (Å²) >= 11 is 9.53. The summed E-state index contributed by atoms with van der Waals surface area (Å²) in [6, 6.07) is 15.3. The molecule has 0 aliphatic carbocycles. The number of nitrogens with one attached hydrogen (secondary N) is 1. The van der Waals surface area contributed by atoms with Crippen LogP contribution in [-0.2, 0) is 0 Å². The van der Waals surface area contributed by atoms with Crippen molar-refractivity contribution < 1.29 is 4.79 Å². The number of benzene rings is 2. The van der Waals surface area contributed by atoms with E-state index < -0.39 is 0 Å². The molecule has 0 saturated carbocycles. The van der Waals surface area contributed by atoms with E-state index in [2.05, 4.69) is 31.0 Å². The van der Waals surface area contributed by atoms with Crippen molar-refractivity contribution in [3.05, 3.63) is 86.1 Å². The third kappa shape index (κ3) is 4.31. The van der Waals surface area contributed by atoms with Crippen LogP contribution >= 0.6 is 27.5 Å². The summed E-state index contributed by atoms with van der Waals surface area (Å²) in [6.45, 7) is 5.96. The molecule has 0 radical (unpaired) electrons. The van der Waals surface area contributed by atoms with Crippen molar-refractivity contribution in [2.24, 2.45) is 5.10 Å². The first-order valence-electron chi connectivity index (χ1n) is 8.41. The summed E-state index contributed by atoms with van der Waals surface area (Å²) in [6.07, 6.45) is 1.66. The van der Waals surface area contributed by atoms with Crippen LogP contribution in [0.1, 0.15) is 32.9 Å². The predicted molar refractivity (Wildman–Crippen MR) is 114 cm³/mol. The van der Waals surface area contributed by atoms with Crippen molar-refractivity contribution >= 4 is 39.7 Å². The fourth-order valence-electron chi connectivity index (χ4n) is 2.86. The van der Waals surface area contributed by atoms with Gasteiger partial charge in [-0.15, -0.1) is 0 Å². The van der Waals surface area contributed by atoms with Gasteiger partial charge in [-0.1, -0.05) is 33.6 Å². The smallest absolute Gasteiger partial charge is 0.271 e. The van der Waals surface area contributed by atoms with Crippen LogP contribution in [0.2, 0.25) is 5.02 Å². The minimum Gasteiger partial charge on any atom is -0.318 e. The molecule has 27 heavy (non-hydrogen) atoms. The first-order chi connectivity index (χ1) is 12.9. The fourth-order valence-corrected chi connectivity index (χ4v) is 3.31. The van der Waals surface area contributed by atoms with Gasteiger partial charge in [-0.25, -0.2) is 5.43 Å². The Morgan fingerprint density at radius 2 is 1.81 bits per heavy atom. The topological polar surface area (TPSA) is 46.4 Å². The van der Waals surface area contributed by atoms with E-state index in [1.165, 1.54) is 0 Å². The molecular weight excluding hydrogens is 426 g/mol. The monoisotopic (exact) mass is 443 g/mol. The minimum atomic E-state index is -0.296. The lowest BCUT2D eigenvalue weighted by Gasteiger charge is -2.09. The lowest BCUT2D eigenvalue weighted by molar-refractivity contribution is 0.0955. The largest absolute Gasteiger partial charge is 0.318 e. The Hall–Kier alpha value is -2.37. The molecule has 1 N–H and O–H groups in total. The van der Waals surface area contributed by atoms with Crippen LogP contribution in [0.4, 0.5) is 0 Å². The summed E-state index contributed by atoms with van der Waals surface area (Å²) in [5.74, 6) is -0.296. The zero-order valence-corrected chi connectivity index (χ0v) is 17.6. The van der Waals surface area contributed by atoms with Gasteiger partial charge >= 0.3 is 0 Å². The summed E-state index contributed by atoms with van der Waals surface area (Å²) < 4.78 is 3.18. The molecule has 1 heterocycles. The zero-order chi connectivity index (χ0) is 19.6. The molecule has 0 saturated heterocycles. The van der Waals surface area contributed by atoms with Crippen LogP contribution in [0.25, 0.3) is 5.69 Å². The highest BCUT2D eigenvalue weighted by atomic mass is 79.9. The van der Waals surface area contributed by atoms with Crippen LogP contribution in [-0.4, -0.2) is 16.7 Å². The van der Waals surface area contributed by atoms with E-state index in [4.69, 9.17) is 11.6 Å². The van der Waals surface area contributed by atoms with Crippen molar-refractivity contribution in [3.63, 3.8) is 0 Å². The van der Waals surface area contributed by atoms with Gasteiger partial charge in [0.05, 0.1) is 6.21 Å². The SMILES string of the molecule is Cc1ccc(C(=O)N/N=C\c2cc(C)n(-c3ccc(Br)cc3)c2C)cc1Cl. The second kappa shape index (κ2) is 8.11. The molecule has 0 aliphatic heterocycles. The molecule has 2 aromatic carbocycles. The Morgan fingerprint density at radius 3 is 2.48 bits per heavy atom. The first kappa shape index (κ1) is 19.4. The van der Waals surface area contributed by atoms with Crippen molar-refractivity contribution in [3.8, 4) is 5.69 Å². The molecule has 0 fully saturated rings. The standard InChI is InChI=1S/C21H19BrClN3O/c1-13-4-5-16(11-20(13)23)21(27)25-24-12-17-10-14(2)26(15(17)3)19-8-6-18(22)7-9-19/h4-12H,1-3H3,(H,25,27)/b24-12-. The van der Waals surface area contributed by atoms with Crippen molar-refractivity contribution in [2.45, 2.75) is 20.8 Å². The molecule has 138 valence electrons. The van der Waals surface area contributed by atoms with Crippen LogP contribution in [0.15, 0.2) is 58.1 Å². The summed E-state index contributed by atoms with van der Waals surface area (Å²) in [7, 11) is 0. The van der Waals surface area contributed by atoms with E-state index in [9.17, 15) is 4.79 Å². The molecule has 0 unspecified atom stereocenters. The van der Waals surface area contributed by atoms with Crippen LogP contribution in [0, 0.1) is 20.8 Å². The number of nitrogens with zero attached hydrogens (tertiary/aromatic N) is 2. The number of halogens is 2. The normalized spacial score (nSPS) is 11.1. The molecule has 4 nitrogen and oxygen atoms in total. The van der Waals surface area contributed by atoms with E-state index in [1.807, 2.05) is 57.2 Å². The highest BCUT2D eigenvalue weighted by molar-refractivity contribution is 9.10. The molecular formula is C21H19BrClN3O. The Morgan fingerprint density at radius 1 is 1.11 bits per heavy atom. The molecule has 6 heteroatoms. The molecule has 1 aromatic heterocycles. The third-order valence-electron chi connectivity index (χ3n) is 4.36. The molecule has 0 spiro atoms. The average molecular weight is 445 g/mol. The van der Waals surface area contributed by atoms with Gasteiger partial charge in [0.1, 0.15) is 0 Å². The van der Waals surface area contributed by atoms with E-state index in [-0.39, 0.29) is 5.91 Å². The summed E-state index contributed by atoms with van der Waals surface area (Å²) in [5, 5.41) is 4.66. The number of aromatic nitrogens is 1. The van der Waals surface area contributed by atoms with Crippen LogP contribution in [0.3, 0.4) is 0 Å². The van der Waals surface area contributed by atoms with Crippen LogP contribution in [0.5, 0.6) is 0 Å². The number of carbonyl (C=O) groups is 1. The highest BCUT2D eigenvalue weighted by Gasteiger charge is 2.10. The van der Waals surface area contributed by atoms with E-state index in [0.717, 1.165) is 32.7 Å². The number of carbonyl (C=O) groups excluding carboxylic acids is 1. The molecule has 3 aromatic rings. The molecule has 0 aliphatic rings. The zero-order valence-electron chi connectivity index (χ0n) is 15.3. The van der Waals surface area contributed by atoms with Gasteiger partial charge < -0.3 is 4.57 Å². The van der Waals surface area contributed by atoms with Crippen molar-refractivity contribution in [1.29, 1.82) is 0 Å². The van der Waals surface area contributed by atoms with E-state index in [0.29, 0.717) is 10.6 Å². The number of hydrazone groups is 1. The summed E-state index contributed by atoms with van der Waals surface area (Å²) in [4.78, 5) is 12.2. The fraction of sp³-hybridized carbons (Fsp3) is 0.143.